The lowest BCUT2D eigenvalue weighted by molar-refractivity contribution is -0.660. The Balaban J connectivity index is 1.56. The van der Waals surface area contributed by atoms with Crippen LogP contribution in [0.4, 0.5) is 0 Å². The molecule has 39 heavy (non-hydrogen) atoms. The van der Waals surface area contributed by atoms with Crippen molar-refractivity contribution in [3.8, 4) is 28.5 Å². The second-order valence-electron chi connectivity index (χ2n) is 12.6. The van der Waals surface area contributed by atoms with E-state index < -0.39 is 0 Å². The Labute approximate surface area is 231 Å². The number of rotatable bonds is 4. The molecule has 0 saturated heterocycles. The number of nitriles is 1. The molecule has 0 spiro atoms. The van der Waals surface area contributed by atoms with Crippen molar-refractivity contribution < 1.29 is 8.98 Å². The van der Waals surface area contributed by atoms with Crippen LogP contribution in [0.25, 0.3) is 44.3 Å². The minimum Gasteiger partial charge on any atom is -0.454 e. The molecule has 0 aliphatic heterocycles. The summed E-state index contributed by atoms with van der Waals surface area (Å²) in [6.07, 6.45) is 8.35. The van der Waals surface area contributed by atoms with Crippen LogP contribution >= 0.6 is 0 Å². The smallest absolute Gasteiger partial charge is 0.216 e. The maximum absolute atomic E-state index is 10.1. The predicted octanol–water partition coefficient (Wildman–Crippen LogP) is 9.17. The number of fused-ring (bicyclic) bond motifs is 3. The Bertz CT molecular complexity index is 1740. The van der Waals surface area contributed by atoms with Gasteiger partial charge >= 0.3 is 0 Å². The van der Waals surface area contributed by atoms with Crippen molar-refractivity contribution in [2.45, 2.75) is 65.7 Å². The van der Waals surface area contributed by atoms with Crippen LogP contribution in [-0.4, -0.2) is 0 Å². The maximum Gasteiger partial charge on any atom is 0.216 e. The molecule has 6 rings (SSSR count). The lowest BCUT2D eigenvalue weighted by Crippen LogP contribution is -2.31. The molecule has 0 unspecified atom stereocenters. The number of hydrogen-bond acceptors (Lipinski definition) is 2. The molecule has 1 saturated carbocycles. The minimum absolute atomic E-state index is 0.202. The van der Waals surface area contributed by atoms with Crippen LogP contribution in [-0.2, 0) is 13.5 Å². The van der Waals surface area contributed by atoms with Crippen molar-refractivity contribution in [1.29, 1.82) is 5.26 Å². The van der Waals surface area contributed by atoms with E-state index in [9.17, 15) is 5.26 Å². The van der Waals surface area contributed by atoms with E-state index in [4.69, 9.17) is 4.42 Å². The van der Waals surface area contributed by atoms with Gasteiger partial charge in [-0.1, -0.05) is 70.0 Å². The van der Waals surface area contributed by atoms with Gasteiger partial charge in [-0.2, -0.15) is 5.26 Å². The molecule has 0 radical (unpaired) electrons. The summed E-state index contributed by atoms with van der Waals surface area (Å²) < 4.78 is 8.99. The second kappa shape index (κ2) is 9.69. The van der Waals surface area contributed by atoms with Gasteiger partial charge in [-0.15, -0.1) is 0 Å². The van der Waals surface area contributed by atoms with Gasteiger partial charge in [-0.05, 0) is 71.9 Å². The zero-order valence-electron chi connectivity index (χ0n) is 23.8. The number of furan rings is 1. The number of pyridine rings is 1. The van der Waals surface area contributed by atoms with Crippen molar-refractivity contribution in [2.24, 2.45) is 12.5 Å². The number of nitrogens with zero attached hydrogens (tertiary/aromatic N) is 2. The highest BCUT2D eigenvalue weighted by atomic mass is 16.3. The number of hydrogen-bond donors (Lipinski definition) is 0. The van der Waals surface area contributed by atoms with Gasteiger partial charge in [0.15, 0.2) is 6.20 Å². The van der Waals surface area contributed by atoms with E-state index in [0.29, 0.717) is 11.5 Å². The summed E-state index contributed by atoms with van der Waals surface area (Å²) in [6.45, 7) is 8.99. The minimum atomic E-state index is 0.202. The van der Waals surface area contributed by atoms with Crippen LogP contribution in [0.5, 0.6) is 0 Å². The third kappa shape index (κ3) is 4.63. The molecule has 2 heterocycles. The van der Waals surface area contributed by atoms with Crippen molar-refractivity contribution in [3.05, 3.63) is 89.1 Å². The van der Waals surface area contributed by atoms with Crippen LogP contribution in [0.2, 0.25) is 0 Å². The molecule has 0 amide bonds. The molecule has 196 valence electrons. The highest BCUT2D eigenvalue weighted by Crippen LogP contribution is 2.43. The SMILES string of the molecule is Cc1ccc2c(oc3c(-c4ccc(C5CCCC5)cc4)c(C#N)ccc32)c1-c1cc(CC(C)(C)C)cc[n+]1C. The molecule has 5 aromatic rings. The third-order valence-corrected chi connectivity index (χ3v) is 8.37. The Morgan fingerprint density at radius 1 is 0.897 bits per heavy atom. The lowest BCUT2D eigenvalue weighted by Gasteiger charge is -2.18. The molecule has 3 nitrogen and oxygen atoms in total. The van der Waals surface area contributed by atoms with Crippen LogP contribution in [0, 0.1) is 23.7 Å². The van der Waals surface area contributed by atoms with E-state index in [1.54, 1.807) is 0 Å². The third-order valence-electron chi connectivity index (χ3n) is 8.37. The van der Waals surface area contributed by atoms with Gasteiger partial charge in [0, 0.05) is 28.5 Å². The van der Waals surface area contributed by atoms with Crippen molar-refractivity contribution in [3.63, 3.8) is 0 Å². The molecule has 1 fully saturated rings. The Morgan fingerprint density at radius 2 is 1.56 bits per heavy atom. The number of benzene rings is 3. The first kappa shape index (κ1) is 25.4. The molecule has 1 aliphatic carbocycles. The fourth-order valence-electron chi connectivity index (χ4n) is 6.47. The largest absolute Gasteiger partial charge is 0.454 e. The fourth-order valence-corrected chi connectivity index (χ4v) is 6.47. The van der Waals surface area contributed by atoms with Crippen LogP contribution < -0.4 is 4.57 Å². The van der Waals surface area contributed by atoms with Gasteiger partial charge < -0.3 is 4.42 Å². The van der Waals surface area contributed by atoms with Crippen molar-refractivity contribution in [2.75, 3.05) is 0 Å². The fraction of sp³-hybridized carbons (Fsp3) is 0.333. The number of aromatic nitrogens is 1. The van der Waals surface area contributed by atoms with Crippen LogP contribution in [0.1, 0.15) is 74.6 Å². The summed E-state index contributed by atoms with van der Waals surface area (Å²) in [5.41, 5.74) is 10.6. The zero-order chi connectivity index (χ0) is 27.3. The van der Waals surface area contributed by atoms with E-state index in [-0.39, 0.29) is 5.41 Å². The van der Waals surface area contributed by atoms with E-state index >= 15 is 0 Å². The van der Waals surface area contributed by atoms with E-state index in [2.05, 4.69) is 100 Å². The van der Waals surface area contributed by atoms with E-state index in [0.717, 1.165) is 50.7 Å². The summed E-state index contributed by atoms with van der Waals surface area (Å²) in [6, 6.07) is 24.2. The van der Waals surface area contributed by atoms with Crippen molar-refractivity contribution >= 4 is 21.9 Å². The summed E-state index contributed by atoms with van der Waals surface area (Å²) in [5, 5.41) is 12.2. The molecule has 2 aromatic heterocycles. The topological polar surface area (TPSA) is 40.8 Å². The zero-order valence-corrected chi connectivity index (χ0v) is 23.8. The first-order valence-electron chi connectivity index (χ1n) is 14.2. The first-order valence-corrected chi connectivity index (χ1v) is 14.2. The quantitative estimate of drug-likeness (QED) is 0.225. The highest BCUT2D eigenvalue weighted by molar-refractivity contribution is 6.14. The molecule has 3 heteroatoms. The lowest BCUT2D eigenvalue weighted by atomic mass is 9.87. The average Bonchev–Trinajstić information content (AvgIpc) is 3.57. The molecular weight excluding hydrogens is 476 g/mol. The summed E-state index contributed by atoms with van der Waals surface area (Å²) in [4.78, 5) is 0. The average molecular weight is 514 g/mol. The Morgan fingerprint density at radius 3 is 2.23 bits per heavy atom. The maximum atomic E-state index is 10.1. The summed E-state index contributed by atoms with van der Waals surface area (Å²) in [7, 11) is 2.10. The van der Waals surface area contributed by atoms with Gasteiger partial charge in [-0.25, -0.2) is 4.57 Å². The van der Waals surface area contributed by atoms with E-state index in [1.807, 2.05) is 12.1 Å². The number of aryl methyl sites for hydroxylation is 2. The van der Waals surface area contributed by atoms with E-state index in [1.165, 1.54) is 42.4 Å². The Kier molecular flexibility index (Phi) is 6.31. The van der Waals surface area contributed by atoms with Gasteiger partial charge in [0.1, 0.15) is 18.2 Å². The van der Waals surface area contributed by atoms with Gasteiger partial charge in [-0.3, -0.25) is 0 Å². The van der Waals surface area contributed by atoms with Crippen molar-refractivity contribution in [1.82, 2.24) is 0 Å². The summed E-state index contributed by atoms with van der Waals surface area (Å²) in [5.74, 6) is 0.664. The molecular formula is C36H37N2O+. The van der Waals surface area contributed by atoms with Crippen LogP contribution in [0.3, 0.4) is 0 Å². The molecule has 1 aliphatic rings. The first-order chi connectivity index (χ1) is 18.7. The summed E-state index contributed by atoms with van der Waals surface area (Å²) >= 11 is 0. The van der Waals surface area contributed by atoms with Crippen LogP contribution in [0.15, 0.2) is 71.3 Å². The second-order valence-corrected chi connectivity index (χ2v) is 12.6. The van der Waals surface area contributed by atoms with Gasteiger partial charge in [0.25, 0.3) is 0 Å². The van der Waals surface area contributed by atoms with Gasteiger partial charge in [0.2, 0.25) is 5.69 Å². The predicted molar refractivity (Wildman–Crippen MR) is 160 cm³/mol. The standard InChI is InChI=1S/C36H37N2O/c1-23-10-16-29-30-17-15-28(22-37)33(27-13-11-26(12-14-27)25-8-6-7-9-25)35(30)39-34(29)32(23)31-20-24(18-19-38(31)5)21-36(2,3)4/h10-20,25H,6-9,21H2,1-5H3/q+1. The monoisotopic (exact) mass is 513 g/mol. The Hall–Kier alpha value is -3.90. The van der Waals surface area contributed by atoms with Gasteiger partial charge in [0.05, 0.1) is 17.2 Å². The molecule has 3 aromatic carbocycles. The molecule has 0 atom stereocenters. The molecule has 0 bridgehead atoms. The molecule has 0 N–H and O–H groups in total. The highest BCUT2D eigenvalue weighted by Gasteiger charge is 2.25. The normalized spacial score (nSPS) is 14.4.